The van der Waals surface area contributed by atoms with Crippen LogP contribution in [0.2, 0.25) is 0 Å². The smallest absolute Gasteiger partial charge is 0.170 e. The van der Waals surface area contributed by atoms with Crippen LogP contribution in [0.4, 0.5) is 0 Å². The molecule has 0 amide bonds. The van der Waals surface area contributed by atoms with E-state index in [1.807, 2.05) is 12.1 Å². The van der Waals surface area contributed by atoms with Crippen LogP contribution in [-0.4, -0.2) is 29.7 Å². The van der Waals surface area contributed by atoms with Crippen molar-refractivity contribution >= 4 is 5.84 Å². The minimum atomic E-state index is 0.0971. The molecule has 0 aliphatic carbocycles. The van der Waals surface area contributed by atoms with E-state index in [-0.39, 0.29) is 11.4 Å². The van der Waals surface area contributed by atoms with Crippen molar-refractivity contribution in [3.05, 3.63) is 29.8 Å². The number of nitrogens with two attached hydrogens (primary N) is 1. The Bertz CT molecular complexity index is 425. The summed E-state index contributed by atoms with van der Waals surface area (Å²) in [6, 6.07) is 7.15. The maximum Gasteiger partial charge on any atom is 0.170 e. The third-order valence-electron chi connectivity index (χ3n) is 3.74. The molecule has 0 aliphatic heterocycles. The molecular weight excluding hydrogens is 254 g/mol. The van der Waals surface area contributed by atoms with Gasteiger partial charge in [0.2, 0.25) is 0 Å². The fourth-order valence-electron chi connectivity index (χ4n) is 1.80. The standard InChI is InChI=1S/C15H25N3O2/c1-4-15(3,5-2)17-10-11-20-13-8-6-12(7-9-13)14(16)18-19/h6-9,17,19H,4-5,10-11H2,1-3H3,(H2,16,18). The summed E-state index contributed by atoms with van der Waals surface area (Å²) in [4.78, 5) is 0. The van der Waals surface area contributed by atoms with Crippen molar-refractivity contribution in [1.29, 1.82) is 0 Å². The first-order valence-corrected chi connectivity index (χ1v) is 7.00. The van der Waals surface area contributed by atoms with Crippen molar-refractivity contribution in [2.75, 3.05) is 13.2 Å². The molecule has 4 N–H and O–H groups in total. The molecule has 0 bridgehead atoms. The van der Waals surface area contributed by atoms with E-state index < -0.39 is 0 Å². The van der Waals surface area contributed by atoms with E-state index in [0.29, 0.717) is 12.2 Å². The number of oxime groups is 1. The topological polar surface area (TPSA) is 79.9 Å². The van der Waals surface area contributed by atoms with Crippen molar-refractivity contribution in [2.24, 2.45) is 10.9 Å². The van der Waals surface area contributed by atoms with Crippen LogP contribution in [0.5, 0.6) is 5.75 Å². The Morgan fingerprint density at radius 2 is 1.90 bits per heavy atom. The molecule has 0 aromatic heterocycles. The van der Waals surface area contributed by atoms with Gasteiger partial charge in [-0.15, -0.1) is 0 Å². The highest BCUT2D eigenvalue weighted by molar-refractivity contribution is 5.97. The zero-order valence-electron chi connectivity index (χ0n) is 12.5. The van der Waals surface area contributed by atoms with Gasteiger partial charge in [0, 0.05) is 17.6 Å². The van der Waals surface area contributed by atoms with Gasteiger partial charge in [-0.2, -0.15) is 0 Å². The molecule has 112 valence electrons. The number of hydrogen-bond donors (Lipinski definition) is 3. The molecule has 0 atom stereocenters. The van der Waals surface area contributed by atoms with Crippen molar-refractivity contribution in [3.8, 4) is 5.75 Å². The highest BCUT2D eigenvalue weighted by Crippen LogP contribution is 2.14. The lowest BCUT2D eigenvalue weighted by Gasteiger charge is -2.28. The lowest BCUT2D eigenvalue weighted by molar-refractivity contribution is 0.266. The summed E-state index contributed by atoms with van der Waals surface area (Å²) in [5.74, 6) is 0.871. The van der Waals surface area contributed by atoms with E-state index in [0.717, 1.165) is 25.1 Å². The summed E-state index contributed by atoms with van der Waals surface area (Å²) >= 11 is 0. The van der Waals surface area contributed by atoms with E-state index in [1.54, 1.807) is 12.1 Å². The number of hydrogen-bond acceptors (Lipinski definition) is 4. The molecule has 1 aromatic carbocycles. The van der Waals surface area contributed by atoms with E-state index >= 15 is 0 Å². The molecule has 0 radical (unpaired) electrons. The number of nitrogens with one attached hydrogen (secondary N) is 1. The lowest BCUT2D eigenvalue weighted by Crippen LogP contribution is -2.43. The number of nitrogens with zero attached hydrogens (tertiary/aromatic N) is 1. The van der Waals surface area contributed by atoms with Crippen LogP contribution >= 0.6 is 0 Å². The molecule has 0 heterocycles. The monoisotopic (exact) mass is 279 g/mol. The predicted octanol–water partition coefficient (Wildman–Crippen LogP) is 2.33. The summed E-state index contributed by atoms with van der Waals surface area (Å²) in [5.41, 5.74) is 6.34. The van der Waals surface area contributed by atoms with Gasteiger partial charge in [-0.05, 0) is 44.0 Å². The van der Waals surface area contributed by atoms with Crippen molar-refractivity contribution < 1.29 is 9.94 Å². The molecule has 20 heavy (non-hydrogen) atoms. The SMILES string of the molecule is CCC(C)(CC)NCCOc1ccc(/C(N)=N/O)cc1. The highest BCUT2D eigenvalue weighted by Gasteiger charge is 2.17. The van der Waals surface area contributed by atoms with Crippen molar-refractivity contribution in [1.82, 2.24) is 5.32 Å². The molecule has 0 unspecified atom stereocenters. The Morgan fingerprint density at radius 3 is 2.40 bits per heavy atom. The third-order valence-corrected chi connectivity index (χ3v) is 3.74. The first-order chi connectivity index (χ1) is 9.54. The van der Waals surface area contributed by atoms with Gasteiger partial charge >= 0.3 is 0 Å². The second-order valence-corrected chi connectivity index (χ2v) is 5.05. The Labute approximate surface area is 120 Å². The second kappa shape index (κ2) is 7.75. The quantitative estimate of drug-likeness (QED) is 0.224. The van der Waals surface area contributed by atoms with E-state index in [9.17, 15) is 0 Å². The molecule has 1 rings (SSSR count). The van der Waals surface area contributed by atoms with Gasteiger partial charge in [-0.3, -0.25) is 0 Å². The molecule has 5 heteroatoms. The Balaban J connectivity index is 2.40. The fourth-order valence-corrected chi connectivity index (χ4v) is 1.80. The fraction of sp³-hybridized carbons (Fsp3) is 0.533. The molecular formula is C15H25N3O2. The van der Waals surface area contributed by atoms with Crippen LogP contribution in [-0.2, 0) is 0 Å². The summed E-state index contributed by atoms with van der Waals surface area (Å²) in [5, 5.41) is 15.0. The average Bonchev–Trinajstić information content (AvgIpc) is 2.51. The van der Waals surface area contributed by atoms with Gasteiger partial charge in [-0.1, -0.05) is 19.0 Å². The molecule has 0 saturated heterocycles. The van der Waals surface area contributed by atoms with Gasteiger partial charge in [0.25, 0.3) is 0 Å². The molecule has 1 aromatic rings. The van der Waals surface area contributed by atoms with Crippen LogP contribution in [0, 0.1) is 0 Å². The van der Waals surface area contributed by atoms with Crippen LogP contribution in [0.3, 0.4) is 0 Å². The summed E-state index contributed by atoms with van der Waals surface area (Å²) in [7, 11) is 0. The predicted molar refractivity (Wildman–Crippen MR) is 81.4 cm³/mol. The Morgan fingerprint density at radius 1 is 1.30 bits per heavy atom. The molecule has 0 aliphatic rings. The molecule has 0 spiro atoms. The molecule has 0 saturated carbocycles. The maximum atomic E-state index is 8.58. The highest BCUT2D eigenvalue weighted by atomic mass is 16.5. The first-order valence-electron chi connectivity index (χ1n) is 7.00. The second-order valence-electron chi connectivity index (χ2n) is 5.05. The lowest BCUT2D eigenvalue weighted by atomic mass is 9.96. The summed E-state index contributed by atoms with van der Waals surface area (Å²) in [6.45, 7) is 8.00. The zero-order valence-corrected chi connectivity index (χ0v) is 12.5. The average molecular weight is 279 g/mol. The third kappa shape index (κ3) is 4.74. The number of benzene rings is 1. The van der Waals surface area contributed by atoms with Gasteiger partial charge in [0.05, 0.1) is 0 Å². The number of ether oxygens (including phenoxy) is 1. The van der Waals surface area contributed by atoms with Crippen LogP contribution in [0.25, 0.3) is 0 Å². The molecule has 5 nitrogen and oxygen atoms in total. The van der Waals surface area contributed by atoms with Gasteiger partial charge < -0.3 is 21.0 Å². The van der Waals surface area contributed by atoms with E-state index in [1.165, 1.54) is 0 Å². The van der Waals surface area contributed by atoms with Crippen LogP contribution in [0.1, 0.15) is 39.2 Å². The van der Waals surface area contributed by atoms with E-state index in [4.69, 9.17) is 15.7 Å². The van der Waals surface area contributed by atoms with Crippen molar-refractivity contribution in [3.63, 3.8) is 0 Å². The molecule has 0 fully saturated rings. The first kappa shape index (κ1) is 16.3. The summed E-state index contributed by atoms with van der Waals surface area (Å²) in [6.07, 6.45) is 2.19. The van der Waals surface area contributed by atoms with Gasteiger partial charge in [0.1, 0.15) is 12.4 Å². The normalized spacial score (nSPS) is 12.4. The summed E-state index contributed by atoms with van der Waals surface area (Å²) < 4.78 is 5.65. The minimum Gasteiger partial charge on any atom is -0.492 e. The van der Waals surface area contributed by atoms with E-state index in [2.05, 4.69) is 31.2 Å². The van der Waals surface area contributed by atoms with Crippen LogP contribution in [0.15, 0.2) is 29.4 Å². The van der Waals surface area contributed by atoms with Crippen molar-refractivity contribution in [2.45, 2.75) is 39.2 Å². The minimum absolute atomic E-state index is 0.0971. The number of amidine groups is 1. The Kier molecular flexibility index (Phi) is 6.31. The largest absolute Gasteiger partial charge is 0.492 e. The van der Waals surface area contributed by atoms with Crippen LogP contribution < -0.4 is 15.8 Å². The van der Waals surface area contributed by atoms with Gasteiger partial charge in [-0.25, -0.2) is 0 Å². The Hall–Kier alpha value is -1.75. The zero-order chi connectivity index (χ0) is 15.0. The number of rotatable bonds is 8. The maximum absolute atomic E-state index is 8.58. The van der Waals surface area contributed by atoms with Gasteiger partial charge in [0.15, 0.2) is 5.84 Å².